The Morgan fingerprint density at radius 2 is 1.92 bits per heavy atom. The highest BCUT2D eigenvalue weighted by atomic mass is 35.5. The lowest BCUT2D eigenvalue weighted by molar-refractivity contribution is -0.140. The average Bonchev–Trinajstić information content (AvgIpc) is 2.62. The Balaban J connectivity index is 2.69. The fraction of sp³-hybridized carbons (Fsp3) is 0.235. The highest BCUT2D eigenvalue weighted by molar-refractivity contribution is 6.32. The summed E-state index contributed by atoms with van der Waals surface area (Å²) in [6, 6.07) is 4.09. The van der Waals surface area contributed by atoms with Crippen molar-refractivity contribution in [1.82, 2.24) is 4.98 Å². The van der Waals surface area contributed by atoms with Gasteiger partial charge in [0, 0.05) is 12.1 Å². The molecule has 1 aromatic heterocycles. The number of carbonyl (C=O) groups is 2. The molecular weight excluding hydrogens is 366 g/mol. The molecule has 0 saturated carbocycles. The zero-order valence-electron chi connectivity index (χ0n) is 13.9. The predicted octanol–water partition coefficient (Wildman–Crippen LogP) is 1.92. The molecule has 0 unspecified atom stereocenters. The lowest BCUT2D eigenvalue weighted by Gasteiger charge is -2.18. The van der Waals surface area contributed by atoms with Gasteiger partial charge in [-0.1, -0.05) is 17.7 Å². The van der Waals surface area contributed by atoms with E-state index in [1.807, 2.05) is 0 Å². The van der Waals surface area contributed by atoms with Crippen molar-refractivity contribution in [2.24, 2.45) is 0 Å². The number of rotatable bonds is 5. The van der Waals surface area contributed by atoms with Crippen LogP contribution in [0.3, 0.4) is 0 Å². The molecule has 0 fully saturated rings. The zero-order chi connectivity index (χ0) is 19.4. The minimum absolute atomic E-state index is 0.00240. The first kappa shape index (κ1) is 19.3. The molecule has 0 aliphatic heterocycles. The van der Waals surface area contributed by atoms with Crippen molar-refractivity contribution in [3.05, 3.63) is 56.5 Å². The standard InChI is InChI=1S/C17H16ClNO7/c1-25-13(21)6-9(8-3-4-12(20)11(18)5-8)14-15(22)10(17(24)26-2)7-19-16(14)23/h3-5,7,9,20H,6H2,1-2H3,(H2,19,22,23)/t9-/m1/s1. The molecule has 2 aromatic rings. The number of aromatic nitrogens is 1. The summed E-state index contributed by atoms with van der Waals surface area (Å²) in [7, 11) is 2.30. The third-order valence-corrected chi connectivity index (χ3v) is 4.13. The van der Waals surface area contributed by atoms with Crippen LogP contribution in [0.4, 0.5) is 0 Å². The quantitative estimate of drug-likeness (QED) is 0.675. The molecule has 0 radical (unpaired) electrons. The third kappa shape index (κ3) is 3.80. The molecule has 1 aromatic carbocycles. The summed E-state index contributed by atoms with van der Waals surface area (Å²) < 4.78 is 9.22. The number of nitrogens with one attached hydrogen (secondary N) is 1. The van der Waals surface area contributed by atoms with Crippen LogP contribution < -0.4 is 5.56 Å². The lowest BCUT2D eigenvalue weighted by atomic mass is 9.87. The van der Waals surface area contributed by atoms with Crippen LogP contribution in [-0.4, -0.2) is 41.4 Å². The Kier molecular flexibility index (Phi) is 5.89. The van der Waals surface area contributed by atoms with Gasteiger partial charge in [0.05, 0.1) is 31.2 Å². The van der Waals surface area contributed by atoms with Crippen LogP contribution in [0, 0.1) is 0 Å². The number of esters is 2. The Labute approximate surface area is 153 Å². The summed E-state index contributed by atoms with van der Waals surface area (Å²) >= 11 is 5.91. The Bertz CT molecular complexity index is 906. The first-order valence-corrected chi connectivity index (χ1v) is 7.76. The molecule has 3 N–H and O–H groups in total. The molecule has 1 heterocycles. The van der Waals surface area contributed by atoms with Gasteiger partial charge in [-0.05, 0) is 17.7 Å². The summed E-state index contributed by atoms with van der Waals surface area (Å²) in [5, 5.41) is 20.0. The van der Waals surface area contributed by atoms with Crippen molar-refractivity contribution < 1.29 is 29.3 Å². The van der Waals surface area contributed by atoms with Gasteiger partial charge in [0.25, 0.3) is 5.56 Å². The Morgan fingerprint density at radius 1 is 1.23 bits per heavy atom. The number of benzene rings is 1. The second kappa shape index (κ2) is 7.92. The van der Waals surface area contributed by atoms with Gasteiger partial charge >= 0.3 is 11.9 Å². The second-order valence-electron chi connectivity index (χ2n) is 5.33. The number of carbonyl (C=O) groups excluding carboxylic acids is 2. The minimum atomic E-state index is -0.978. The monoisotopic (exact) mass is 381 g/mol. The predicted molar refractivity (Wildman–Crippen MR) is 91.7 cm³/mol. The van der Waals surface area contributed by atoms with Gasteiger partial charge in [0.15, 0.2) is 0 Å². The zero-order valence-corrected chi connectivity index (χ0v) is 14.7. The van der Waals surface area contributed by atoms with Gasteiger partial charge in [-0.2, -0.15) is 0 Å². The van der Waals surface area contributed by atoms with Crippen molar-refractivity contribution in [3.8, 4) is 11.5 Å². The van der Waals surface area contributed by atoms with E-state index in [1.54, 1.807) is 0 Å². The Hall–Kier alpha value is -3.00. The van der Waals surface area contributed by atoms with E-state index in [4.69, 9.17) is 11.6 Å². The van der Waals surface area contributed by atoms with E-state index in [9.17, 15) is 24.6 Å². The van der Waals surface area contributed by atoms with Crippen LogP contribution in [0.5, 0.6) is 11.5 Å². The fourth-order valence-corrected chi connectivity index (χ4v) is 2.69. The molecule has 0 amide bonds. The topological polar surface area (TPSA) is 126 Å². The molecule has 1 atom stereocenters. The molecule has 0 bridgehead atoms. The van der Waals surface area contributed by atoms with E-state index in [2.05, 4.69) is 14.5 Å². The van der Waals surface area contributed by atoms with Crippen LogP contribution >= 0.6 is 11.6 Å². The molecule has 8 nitrogen and oxygen atoms in total. The van der Waals surface area contributed by atoms with Crippen molar-refractivity contribution >= 4 is 23.5 Å². The van der Waals surface area contributed by atoms with Crippen LogP contribution in [0.15, 0.2) is 29.2 Å². The fourth-order valence-electron chi connectivity index (χ4n) is 2.50. The van der Waals surface area contributed by atoms with Gasteiger partial charge in [-0.25, -0.2) is 4.79 Å². The number of pyridine rings is 1. The number of phenolic OH excluding ortho intramolecular Hbond substituents is 1. The molecule has 138 valence electrons. The summed E-state index contributed by atoms with van der Waals surface area (Å²) in [4.78, 5) is 38.3. The molecular formula is C17H16ClNO7. The maximum Gasteiger partial charge on any atom is 0.343 e. The number of aromatic amines is 1. The molecule has 2 rings (SSSR count). The number of hydrogen-bond donors (Lipinski definition) is 3. The maximum atomic E-state index is 12.3. The van der Waals surface area contributed by atoms with Gasteiger partial charge in [-0.15, -0.1) is 0 Å². The van der Waals surface area contributed by atoms with Gasteiger partial charge < -0.3 is 24.7 Å². The Morgan fingerprint density at radius 3 is 2.50 bits per heavy atom. The molecule has 0 aliphatic carbocycles. The summed E-state index contributed by atoms with van der Waals surface area (Å²) in [6.07, 6.45) is 0.713. The number of ether oxygens (including phenoxy) is 2. The minimum Gasteiger partial charge on any atom is -0.506 e. The molecule has 0 aliphatic rings. The van der Waals surface area contributed by atoms with Gasteiger partial charge in [0.2, 0.25) is 0 Å². The number of phenols is 1. The van der Waals surface area contributed by atoms with E-state index in [-0.39, 0.29) is 28.3 Å². The molecule has 26 heavy (non-hydrogen) atoms. The van der Waals surface area contributed by atoms with Crippen LogP contribution in [0.2, 0.25) is 5.02 Å². The van der Waals surface area contributed by atoms with Gasteiger partial charge in [0.1, 0.15) is 17.1 Å². The van der Waals surface area contributed by atoms with Crippen LogP contribution in [0.25, 0.3) is 0 Å². The second-order valence-corrected chi connectivity index (χ2v) is 5.74. The molecule has 9 heteroatoms. The highest BCUT2D eigenvalue weighted by Gasteiger charge is 2.28. The largest absolute Gasteiger partial charge is 0.506 e. The summed E-state index contributed by atoms with van der Waals surface area (Å²) in [6.45, 7) is 0. The number of aromatic hydroxyl groups is 2. The number of H-pyrrole nitrogens is 1. The smallest absolute Gasteiger partial charge is 0.343 e. The van der Waals surface area contributed by atoms with Crippen molar-refractivity contribution in [1.29, 1.82) is 0 Å². The number of hydrogen-bond acceptors (Lipinski definition) is 7. The SMILES string of the molecule is COC(=O)C[C@H](c1ccc(O)c(Cl)c1)c1c(O)c(C(=O)OC)c[nH]c1=O. The normalized spacial score (nSPS) is 11.7. The lowest BCUT2D eigenvalue weighted by Crippen LogP contribution is -2.22. The van der Waals surface area contributed by atoms with Crippen molar-refractivity contribution in [2.45, 2.75) is 12.3 Å². The summed E-state index contributed by atoms with van der Waals surface area (Å²) in [5.41, 5.74) is -0.823. The van der Waals surface area contributed by atoms with Gasteiger partial charge in [-0.3, -0.25) is 9.59 Å². The first-order chi connectivity index (χ1) is 12.3. The van der Waals surface area contributed by atoms with Crippen molar-refractivity contribution in [3.63, 3.8) is 0 Å². The highest BCUT2D eigenvalue weighted by Crippen LogP contribution is 2.36. The van der Waals surface area contributed by atoms with Crippen molar-refractivity contribution in [2.75, 3.05) is 14.2 Å². The maximum absolute atomic E-state index is 12.3. The van der Waals surface area contributed by atoms with E-state index >= 15 is 0 Å². The van der Waals surface area contributed by atoms with E-state index in [0.29, 0.717) is 5.56 Å². The average molecular weight is 382 g/mol. The molecule has 0 saturated heterocycles. The number of methoxy groups -OCH3 is 2. The first-order valence-electron chi connectivity index (χ1n) is 7.38. The third-order valence-electron chi connectivity index (χ3n) is 3.83. The van der Waals surface area contributed by atoms with E-state index in [1.165, 1.54) is 25.3 Å². The van der Waals surface area contributed by atoms with Crippen LogP contribution in [-0.2, 0) is 14.3 Å². The number of halogens is 1. The van der Waals surface area contributed by atoms with E-state index < -0.39 is 29.2 Å². The van der Waals surface area contributed by atoms with E-state index in [0.717, 1.165) is 13.3 Å². The summed E-state index contributed by atoms with van der Waals surface area (Å²) in [5.74, 6) is -3.29. The van der Waals surface area contributed by atoms with Crippen LogP contribution in [0.1, 0.15) is 33.8 Å². The molecule has 0 spiro atoms.